The molecule has 0 saturated carbocycles. The number of aliphatic hydroxyl groups is 2. The molecule has 0 rings (SSSR count). The Morgan fingerprint density at radius 1 is 1.29 bits per heavy atom. The molecule has 3 atom stereocenters. The van der Waals surface area contributed by atoms with E-state index in [1.807, 2.05) is 0 Å². The second-order valence-electron chi connectivity index (χ2n) is 2.94. The van der Waals surface area contributed by atoms with Crippen LogP contribution in [-0.2, 0) is 9.59 Å². The Labute approximate surface area is 80.3 Å². The number of carbonyl (C=O) groups excluding carboxylic acids is 1. The highest BCUT2D eigenvalue weighted by molar-refractivity contribution is 5.74. The van der Waals surface area contributed by atoms with E-state index in [2.05, 4.69) is 0 Å². The molecule has 3 unspecified atom stereocenters. The predicted molar refractivity (Wildman–Crippen MR) is 46.1 cm³/mol. The SMILES string of the molecule is NC(=O)CCC(N)C(O)C(O)C(=O)O. The third kappa shape index (κ3) is 4.17. The molecule has 0 aliphatic carbocycles. The monoisotopic (exact) mass is 206 g/mol. The van der Waals surface area contributed by atoms with E-state index in [9.17, 15) is 9.59 Å². The Morgan fingerprint density at radius 2 is 1.79 bits per heavy atom. The summed E-state index contributed by atoms with van der Waals surface area (Å²) in [5.41, 5.74) is 10.1. The molecule has 0 fully saturated rings. The molecule has 0 radical (unpaired) electrons. The maximum atomic E-state index is 10.3. The van der Waals surface area contributed by atoms with Crippen molar-refractivity contribution in [3.05, 3.63) is 0 Å². The number of hydrogen-bond donors (Lipinski definition) is 5. The van der Waals surface area contributed by atoms with Crippen LogP contribution < -0.4 is 11.5 Å². The van der Waals surface area contributed by atoms with Gasteiger partial charge in [-0.05, 0) is 6.42 Å². The highest BCUT2D eigenvalue weighted by atomic mass is 16.4. The van der Waals surface area contributed by atoms with Crippen LogP contribution >= 0.6 is 0 Å². The fourth-order valence-electron chi connectivity index (χ4n) is 0.860. The average molecular weight is 206 g/mol. The number of aliphatic hydroxyl groups excluding tert-OH is 2. The van der Waals surface area contributed by atoms with Gasteiger partial charge < -0.3 is 26.8 Å². The van der Waals surface area contributed by atoms with Gasteiger partial charge in [0.05, 0.1) is 0 Å². The van der Waals surface area contributed by atoms with Crippen molar-refractivity contribution in [2.45, 2.75) is 31.1 Å². The van der Waals surface area contributed by atoms with Crippen molar-refractivity contribution < 1.29 is 24.9 Å². The Hall–Kier alpha value is -1.18. The molecule has 0 aromatic rings. The summed E-state index contributed by atoms with van der Waals surface area (Å²) in [7, 11) is 0. The van der Waals surface area contributed by atoms with E-state index in [1.165, 1.54) is 0 Å². The van der Waals surface area contributed by atoms with E-state index < -0.39 is 30.1 Å². The summed E-state index contributed by atoms with van der Waals surface area (Å²) in [6.45, 7) is 0. The van der Waals surface area contributed by atoms with Crippen LogP contribution in [-0.4, -0.2) is 45.4 Å². The minimum Gasteiger partial charge on any atom is -0.479 e. The number of rotatable bonds is 6. The molecule has 0 bridgehead atoms. The van der Waals surface area contributed by atoms with Crippen LogP contribution in [0.25, 0.3) is 0 Å². The summed E-state index contributed by atoms with van der Waals surface area (Å²) in [5, 5.41) is 26.4. The lowest BCUT2D eigenvalue weighted by Gasteiger charge is -2.20. The van der Waals surface area contributed by atoms with Gasteiger partial charge in [-0.3, -0.25) is 4.79 Å². The van der Waals surface area contributed by atoms with Crippen LogP contribution in [0.15, 0.2) is 0 Å². The van der Waals surface area contributed by atoms with Gasteiger partial charge in [-0.2, -0.15) is 0 Å². The topological polar surface area (TPSA) is 147 Å². The lowest BCUT2D eigenvalue weighted by atomic mass is 10.0. The summed E-state index contributed by atoms with van der Waals surface area (Å²) in [6, 6.07) is -0.992. The van der Waals surface area contributed by atoms with Crippen molar-refractivity contribution in [2.75, 3.05) is 0 Å². The number of amides is 1. The van der Waals surface area contributed by atoms with Crippen molar-refractivity contribution in [3.8, 4) is 0 Å². The second kappa shape index (κ2) is 5.53. The predicted octanol–water partition coefficient (Wildman–Crippen LogP) is -2.61. The number of carbonyl (C=O) groups is 2. The first-order valence-electron chi connectivity index (χ1n) is 3.99. The number of carboxylic acid groups (broad SMARTS) is 1. The molecule has 0 heterocycles. The van der Waals surface area contributed by atoms with Crippen molar-refractivity contribution in [1.82, 2.24) is 0 Å². The summed E-state index contributed by atoms with van der Waals surface area (Å²) in [4.78, 5) is 20.6. The lowest BCUT2D eigenvalue weighted by molar-refractivity contribution is -0.153. The van der Waals surface area contributed by atoms with E-state index in [1.54, 1.807) is 0 Å². The minimum absolute atomic E-state index is 0.0286. The van der Waals surface area contributed by atoms with E-state index in [-0.39, 0.29) is 12.8 Å². The first-order valence-corrected chi connectivity index (χ1v) is 3.99. The van der Waals surface area contributed by atoms with Crippen molar-refractivity contribution >= 4 is 11.9 Å². The van der Waals surface area contributed by atoms with Crippen LogP contribution in [0.3, 0.4) is 0 Å². The minimum atomic E-state index is -1.95. The summed E-state index contributed by atoms with van der Waals surface area (Å²) >= 11 is 0. The molecular formula is C7H14N2O5. The van der Waals surface area contributed by atoms with Gasteiger partial charge in [0.2, 0.25) is 5.91 Å². The van der Waals surface area contributed by atoms with E-state index in [0.29, 0.717) is 0 Å². The first kappa shape index (κ1) is 12.8. The fraction of sp³-hybridized carbons (Fsp3) is 0.714. The standard InChI is InChI=1S/C7H14N2O5/c8-3(1-2-4(9)10)5(11)6(12)7(13)14/h3,5-6,11-12H,1-2,8H2,(H2,9,10)(H,13,14). The number of nitrogens with two attached hydrogens (primary N) is 2. The van der Waals surface area contributed by atoms with Crippen LogP contribution in [0.2, 0.25) is 0 Å². The zero-order valence-electron chi connectivity index (χ0n) is 7.46. The summed E-state index contributed by atoms with van der Waals surface area (Å²) in [5.74, 6) is -2.16. The van der Waals surface area contributed by atoms with Crippen LogP contribution in [0.5, 0.6) is 0 Å². The highest BCUT2D eigenvalue weighted by Crippen LogP contribution is 2.04. The van der Waals surface area contributed by atoms with Crippen LogP contribution in [0.1, 0.15) is 12.8 Å². The van der Waals surface area contributed by atoms with Crippen LogP contribution in [0, 0.1) is 0 Å². The van der Waals surface area contributed by atoms with Crippen LogP contribution in [0.4, 0.5) is 0 Å². The van der Waals surface area contributed by atoms with Crippen molar-refractivity contribution in [2.24, 2.45) is 11.5 Å². The van der Waals surface area contributed by atoms with Gasteiger partial charge in [-0.15, -0.1) is 0 Å². The van der Waals surface area contributed by atoms with Gasteiger partial charge in [0.1, 0.15) is 6.10 Å². The molecular weight excluding hydrogens is 192 g/mol. The van der Waals surface area contributed by atoms with Gasteiger partial charge in [-0.1, -0.05) is 0 Å². The Morgan fingerprint density at radius 3 is 2.14 bits per heavy atom. The molecule has 1 amide bonds. The maximum absolute atomic E-state index is 10.3. The lowest BCUT2D eigenvalue weighted by Crippen LogP contribution is -2.46. The zero-order valence-corrected chi connectivity index (χ0v) is 7.46. The number of carboxylic acids is 1. The molecule has 0 aliphatic rings. The van der Waals surface area contributed by atoms with Gasteiger partial charge >= 0.3 is 5.97 Å². The molecule has 14 heavy (non-hydrogen) atoms. The molecule has 7 heteroatoms. The third-order valence-electron chi connectivity index (χ3n) is 1.74. The first-order chi connectivity index (χ1) is 6.36. The molecule has 7 nitrogen and oxygen atoms in total. The second-order valence-corrected chi connectivity index (χ2v) is 2.94. The van der Waals surface area contributed by atoms with E-state index in [0.717, 1.165) is 0 Å². The smallest absolute Gasteiger partial charge is 0.335 e. The molecule has 7 N–H and O–H groups in total. The van der Waals surface area contributed by atoms with Crippen molar-refractivity contribution in [3.63, 3.8) is 0 Å². The quantitative estimate of drug-likeness (QED) is 0.321. The van der Waals surface area contributed by atoms with Crippen molar-refractivity contribution in [1.29, 1.82) is 0 Å². The summed E-state index contributed by atoms with van der Waals surface area (Å²) in [6.07, 6.45) is -3.59. The molecule has 82 valence electrons. The molecule has 0 saturated heterocycles. The zero-order chi connectivity index (χ0) is 11.3. The van der Waals surface area contributed by atoms with Gasteiger partial charge in [-0.25, -0.2) is 4.79 Å². The number of hydrogen-bond acceptors (Lipinski definition) is 5. The van der Waals surface area contributed by atoms with E-state index in [4.69, 9.17) is 26.8 Å². The third-order valence-corrected chi connectivity index (χ3v) is 1.74. The molecule has 0 aliphatic heterocycles. The average Bonchev–Trinajstić information content (AvgIpc) is 2.11. The van der Waals surface area contributed by atoms with Gasteiger partial charge in [0, 0.05) is 12.5 Å². The Balaban J connectivity index is 4.04. The number of aliphatic carboxylic acids is 1. The molecule has 0 aromatic carbocycles. The highest BCUT2D eigenvalue weighted by Gasteiger charge is 2.28. The number of primary amides is 1. The van der Waals surface area contributed by atoms with Gasteiger partial charge in [0.15, 0.2) is 6.10 Å². The van der Waals surface area contributed by atoms with E-state index >= 15 is 0 Å². The Bertz CT molecular complexity index is 220. The summed E-state index contributed by atoms with van der Waals surface area (Å²) < 4.78 is 0. The Kier molecular flexibility index (Phi) is 5.06. The molecule has 0 aromatic heterocycles. The maximum Gasteiger partial charge on any atom is 0.335 e. The molecule has 0 spiro atoms. The normalized spacial score (nSPS) is 17.1. The van der Waals surface area contributed by atoms with Gasteiger partial charge in [0.25, 0.3) is 0 Å². The fourth-order valence-corrected chi connectivity index (χ4v) is 0.860. The largest absolute Gasteiger partial charge is 0.479 e.